The van der Waals surface area contributed by atoms with Crippen molar-refractivity contribution < 1.29 is 0 Å². The maximum atomic E-state index is 6.26. The van der Waals surface area contributed by atoms with Gasteiger partial charge in [0.15, 0.2) is 0 Å². The fourth-order valence-electron chi connectivity index (χ4n) is 1.75. The third-order valence-electron chi connectivity index (χ3n) is 2.51. The molecule has 0 saturated carbocycles. The van der Waals surface area contributed by atoms with Gasteiger partial charge in [-0.3, -0.25) is 4.99 Å². The molecule has 4 heteroatoms. The van der Waals surface area contributed by atoms with Gasteiger partial charge in [0.2, 0.25) is 0 Å². The monoisotopic (exact) mass is 272 g/mol. The summed E-state index contributed by atoms with van der Waals surface area (Å²) >= 11 is 12.2. The SMILES string of the molecule is CCCCN(C=NC)c1c(C)cc(Cl)cc1Cl. The minimum absolute atomic E-state index is 0.667. The Morgan fingerprint density at radius 1 is 1.35 bits per heavy atom. The zero-order chi connectivity index (χ0) is 12.8. The minimum atomic E-state index is 0.667. The molecule has 1 aromatic carbocycles. The predicted molar refractivity (Wildman–Crippen MR) is 77.9 cm³/mol. The van der Waals surface area contributed by atoms with E-state index < -0.39 is 0 Å². The number of rotatable bonds is 5. The Morgan fingerprint density at radius 3 is 2.59 bits per heavy atom. The predicted octanol–water partition coefficient (Wildman–Crippen LogP) is 4.57. The highest BCUT2D eigenvalue weighted by atomic mass is 35.5. The molecule has 0 aromatic heterocycles. The van der Waals surface area contributed by atoms with E-state index in [9.17, 15) is 0 Å². The van der Waals surface area contributed by atoms with Gasteiger partial charge in [-0.1, -0.05) is 36.5 Å². The van der Waals surface area contributed by atoms with Gasteiger partial charge in [0, 0.05) is 18.6 Å². The lowest BCUT2D eigenvalue weighted by atomic mass is 10.1. The maximum absolute atomic E-state index is 6.26. The summed E-state index contributed by atoms with van der Waals surface area (Å²) in [6.07, 6.45) is 4.06. The number of aryl methyl sites for hydroxylation is 1. The summed E-state index contributed by atoms with van der Waals surface area (Å²) in [7, 11) is 1.76. The van der Waals surface area contributed by atoms with Gasteiger partial charge in [-0.25, -0.2) is 0 Å². The standard InChI is InChI=1S/C13H18Cl2N2/c1-4-5-6-17(9-16-3)13-10(2)7-11(14)8-12(13)15/h7-9H,4-6H2,1-3H3. The van der Waals surface area contributed by atoms with Gasteiger partial charge >= 0.3 is 0 Å². The van der Waals surface area contributed by atoms with Gasteiger partial charge in [0.05, 0.1) is 17.0 Å². The number of anilines is 1. The van der Waals surface area contributed by atoms with Crippen molar-refractivity contribution in [2.24, 2.45) is 4.99 Å². The molecule has 0 spiro atoms. The number of halogens is 2. The van der Waals surface area contributed by atoms with Crippen LogP contribution in [0.25, 0.3) is 0 Å². The van der Waals surface area contributed by atoms with E-state index in [0.29, 0.717) is 10.0 Å². The van der Waals surface area contributed by atoms with Gasteiger partial charge in [-0.2, -0.15) is 0 Å². The molecule has 0 N–H and O–H groups in total. The molecular weight excluding hydrogens is 255 g/mol. The molecule has 17 heavy (non-hydrogen) atoms. The third kappa shape index (κ3) is 3.90. The smallest absolute Gasteiger partial charge is 0.0891 e. The van der Waals surface area contributed by atoms with E-state index in [1.165, 1.54) is 0 Å². The van der Waals surface area contributed by atoms with E-state index in [1.807, 2.05) is 19.3 Å². The van der Waals surface area contributed by atoms with E-state index in [1.54, 1.807) is 13.1 Å². The molecule has 0 bridgehead atoms. The molecule has 0 aliphatic rings. The van der Waals surface area contributed by atoms with Gasteiger partial charge in [-0.15, -0.1) is 0 Å². The lowest BCUT2D eigenvalue weighted by Crippen LogP contribution is -2.23. The van der Waals surface area contributed by atoms with Crippen LogP contribution in [0.2, 0.25) is 10.0 Å². The van der Waals surface area contributed by atoms with Gasteiger partial charge < -0.3 is 4.90 Å². The number of hydrogen-bond acceptors (Lipinski definition) is 1. The van der Waals surface area contributed by atoms with Crippen LogP contribution in [0, 0.1) is 6.92 Å². The largest absolute Gasteiger partial charge is 0.331 e. The molecule has 0 saturated heterocycles. The first-order valence-electron chi connectivity index (χ1n) is 5.74. The summed E-state index contributed by atoms with van der Waals surface area (Å²) in [6.45, 7) is 5.09. The Labute approximate surface area is 113 Å². The lowest BCUT2D eigenvalue weighted by molar-refractivity contribution is 0.797. The quantitative estimate of drug-likeness (QED) is 0.567. The highest BCUT2D eigenvalue weighted by Crippen LogP contribution is 2.32. The van der Waals surface area contributed by atoms with Crippen molar-refractivity contribution in [1.82, 2.24) is 0 Å². The lowest BCUT2D eigenvalue weighted by Gasteiger charge is -2.23. The third-order valence-corrected chi connectivity index (χ3v) is 3.02. The maximum Gasteiger partial charge on any atom is 0.0891 e. The fraction of sp³-hybridized carbons (Fsp3) is 0.462. The number of aliphatic imine (C=N–C) groups is 1. The van der Waals surface area contributed by atoms with Crippen LogP contribution in [0.3, 0.4) is 0 Å². The van der Waals surface area contributed by atoms with Crippen LogP contribution in [0.4, 0.5) is 5.69 Å². The number of unbranched alkanes of at least 4 members (excludes halogenated alkanes) is 1. The van der Waals surface area contributed by atoms with Crippen molar-refractivity contribution >= 4 is 35.2 Å². The second-order valence-electron chi connectivity index (χ2n) is 3.97. The van der Waals surface area contributed by atoms with E-state index >= 15 is 0 Å². The first kappa shape index (κ1) is 14.3. The zero-order valence-corrected chi connectivity index (χ0v) is 12.0. The summed E-state index contributed by atoms with van der Waals surface area (Å²) in [5.74, 6) is 0. The van der Waals surface area contributed by atoms with E-state index in [4.69, 9.17) is 23.2 Å². The van der Waals surface area contributed by atoms with Crippen LogP contribution in [-0.2, 0) is 0 Å². The number of nitrogens with zero attached hydrogens (tertiary/aromatic N) is 2. The summed E-state index contributed by atoms with van der Waals surface area (Å²) in [4.78, 5) is 6.16. The van der Waals surface area contributed by atoms with Crippen molar-refractivity contribution in [2.45, 2.75) is 26.7 Å². The zero-order valence-electron chi connectivity index (χ0n) is 10.5. The van der Waals surface area contributed by atoms with Crippen molar-refractivity contribution in [3.63, 3.8) is 0 Å². The second kappa shape index (κ2) is 6.87. The van der Waals surface area contributed by atoms with Crippen LogP contribution in [0.15, 0.2) is 17.1 Å². The fourth-order valence-corrected chi connectivity index (χ4v) is 2.46. The molecular formula is C13H18Cl2N2. The molecule has 0 unspecified atom stereocenters. The van der Waals surface area contributed by atoms with Crippen LogP contribution < -0.4 is 4.90 Å². The van der Waals surface area contributed by atoms with Crippen LogP contribution in [-0.4, -0.2) is 19.9 Å². The van der Waals surface area contributed by atoms with E-state index in [-0.39, 0.29) is 0 Å². The number of benzene rings is 1. The van der Waals surface area contributed by atoms with Crippen LogP contribution in [0.1, 0.15) is 25.3 Å². The Balaban J connectivity index is 3.09. The van der Waals surface area contributed by atoms with Crippen molar-refractivity contribution in [2.75, 3.05) is 18.5 Å². The molecule has 0 atom stereocenters. The van der Waals surface area contributed by atoms with Gasteiger partial charge in [-0.05, 0) is 31.0 Å². The van der Waals surface area contributed by atoms with Gasteiger partial charge in [0.25, 0.3) is 0 Å². The summed E-state index contributed by atoms with van der Waals surface area (Å²) in [6, 6.07) is 3.69. The van der Waals surface area contributed by atoms with Crippen molar-refractivity contribution in [3.05, 3.63) is 27.7 Å². The van der Waals surface area contributed by atoms with Crippen LogP contribution >= 0.6 is 23.2 Å². The molecule has 2 nitrogen and oxygen atoms in total. The summed E-state index contributed by atoms with van der Waals surface area (Å²) < 4.78 is 0. The van der Waals surface area contributed by atoms with Gasteiger partial charge in [0.1, 0.15) is 0 Å². The molecule has 0 aliphatic heterocycles. The summed E-state index contributed by atoms with van der Waals surface area (Å²) in [5.41, 5.74) is 2.06. The highest BCUT2D eigenvalue weighted by Gasteiger charge is 2.12. The number of hydrogen-bond donors (Lipinski definition) is 0. The molecule has 0 aliphatic carbocycles. The minimum Gasteiger partial charge on any atom is -0.331 e. The normalized spacial score (nSPS) is 11.1. The second-order valence-corrected chi connectivity index (χ2v) is 4.82. The van der Waals surface area contributed by atoms with E-state index in [0.717, 1.165) is 30.6 Å². The first-order chi connectivity index (χ1) is 8.10. The molecule has 0 fully saturated rings. The Kier molecular flexibility index (Phi) is 5.79. The Morgan fingerprint density at radius 2 is 2.06 bits per heavy atom. The Hall–Kier alpha value is -0.730. The average molecular weight is 273 g/mol. The molecule has 0 amide bonds. The van der Waals surface area contributed by atoms with Crippen LogP contribution in [0.5, 0.6) is 0 Å². The summed E-state index contributed by atoms with van der Waals surface area (Å²) in [5, 5.41) is 1.34. The average Bonchev–Trinajstić information content (AvgIpc) is 2.24. The van der Waals surface area contributed by atoms with Crippen molar-refractivity contribution in [1.29, 1.82) is 0 Å². The van der Waals surface area contributed by atoms with Crippen molar-refractivity contribution in [3.8, 4) is 0 Å². The first-order valence-corrected chi connectivity index (χ1v) is 6.50. The highest BCUT2D eigenvalue weighted by molar-refractivity contribution is 6.36. The molecule has 94 valence electrons. The topological polar surface area (TPSA) is 15.6 Å². The molecule has 0 radical (unpaired) electrons. The molecule has 1 rings (SSSR count). The Bertz CT molecular complexity index is 379. The molecule has 0 heterocycles. The van der Waals surface area contributed by atoms with E-state index in [2.05, 4.69) is 16.8 Å². The molecule has 1 aromatic rings.